The summed E-state index contributed by atoms with van der Waals surface area (Å²) in [7, 11) is 0. The Labute approximate surface area is 205 Å². The normalized spacial score (nSPS) is 10.9. The number of hydrogen-bond acceptors (Lipinski definition) is 8. The Balaban J connectivity index is 1.36. The molecule has 9 nitrogen and oxygen atoms in total. The Kier molecular flexibility index (Phi) is 7.64. The molecule has 1 N–H and O–H groups in total. The van der Waals surface area contributed by atoms with E-state index in [9.17, 15) is 14.4 Å². The predicted molar refractivity (Wildman–Crippen MR) is 132 cm³/mol. The molecular weight excluding hydrogens is 468 g/mol. The molecule has 4 rings (SSSR count). The van der Waals surface area contributed by atoms with Crippen LogP contribution in [0.1, 0.15) is 43.9 Å². The van der Waals surface area contributed by atoms with E-state index in [2.05, 4.69) is 15.4 Å². The van der Waals surface area contributed by atoms with Gasteiger partial charge in [-0.15, -0.1) is 0 Å². The van der Waals surface area contributed by atoms with Crippen molar-refractivity contribution in [2.45, 2.75) is 26.9 Å². The van der Waals surface area contributed by atoms with Gasteiger partial charge >= 0.3 is 5.97 Å². The van der Waals surface area contributed by atoms with Crippen molar-refractivity contribution in [2.75, 3.05) is 18.5 Å². The van der Waals surface area contributed by atoms with Crippen molar-refractivity contribution in [2.24, 2.45) is 0 Å². The van der Waals surface area contributed by atoms with Crippen molar-refractivity contribution in [3.05, 3.63) is 92.3 Å². The lowest BCUT2D eigenvalue weighted by atomic mass is 10.1. The van der Waals surface area contributed by atoms with Crippen molar-refractivity contribution in [1.82, 2.24) is 14.6 Å². The molecule has 0 aliphatic heterocycles. The van der Waals surface area contributed by atoms with E-state index in [0.29, 0.717) is 47.1 Å². The van der Waals surface area contributed by atoms with Gasteiger partial charge in [0.1, 0.15) is 11.6 Å². The van der Waals surface area contributed by atoms with Crippen LogP contribution in [0, 0.1) is 6.92 Å². The number of esters is 1. The fourth-order valence-corrected chi connectivity index (χ4v) is 4.18. The fourth-order valence-electron chi connectivity index (χ4n) is 3.28. The number of carbonyl (C=O) groups excluding carboxylic acids is 2. The van der Waals surface area contributed by atoms with Crippen LogP contribution in [-0.4, -0.2) is 39.7 Å². The lowest BCUT2D eigenvalue weighted by Crippen LogP contribution is -2.17. The maximum absolute atomic E-state index is 12.5. The van der Waals surface area contributed by atoms with Crippen LogP contribution in [0.4, 0.5) is 5.69 Å². The Morgan fingerprint density at radius 1 is 1.09 bits per heavy atom. The van der Waals surface area contributed by atoms with Gasteiger partial charge < -0.3 is 14.8 Å². The number of hydrogen-bond donors (Lipinski definition) is 1. The summed E-state index contributed by atoms with van der Waals surface area (Å²) in [6, 6.07) is 15.0. The first kappa shape index (κ1) is 24.2. The number of carbonyl (C=O) groups is 2. The van der Waals surface area contributed by atoms with Gasteiger partial charge in [0.05, 0.1) is 17.9 Å². The molecule has 2 aromatic carbocycles. The standard InChI is InChI=1S/C25H24N4O5S/c1-3-33-12-11-21-28-29-22(30)14-20(27-25(29)35-21)15-34-24(32)17-7-9-19(10-8-17)26-23(31)18-6-4-5-16(2)13-18/h4-10,13-14H,3,11-12,15H2,1-2H3,(H,26,31). The van der Waals surface area contributed by atoms with Crippen LogP contribution in [0.3, 0.4) is 0 Å². The van der Waals surface area contributed by atoms with Crippen molar-refractivity contribution in [3.8, 4) is 0 Å². The molecule has 35 heavy (non-hydrogen) atoms. The zero-order chi connectivity index (χ0) is 24.8. The number of ether oxygens (including phenoxy) is 2. The largest absolute Gasteiger partial charge is 0.456 e. The van der Waals surface area contributed by atoms with Crippen LogP contribution in [0.15, 0.2) is 59.4 Å². The second kappa shape index (κ2) is 11.0. The zero-order valence-electron chi connectivity index (χ0n) is 19.3. The lowest BCUT2D eigenvalue weighted by molar-refractivity contribution is 0.0467. The molecule has 10 heteroatoms. The van der Waals surface area contributed by atoms with Gasteiger partial charge in [-0.05, 0) is 50.2 Å². The van der Waals surface area contributed by atoms with E-state index >= 15 is 0 Å². The van der Waals surface area contributed by atoms with Crippen molar-refractivity contribution >= 4 is 33.9 Å². The summed E-state index contributed by atoms with van der Waals surface area (Å²) in [6.45, 7) is 4.81. The van der Waals surface area contributed by atoms with E-state index < -0.39 is 5.97 Å². The number of aromatic nitrogens is 3. The maximum Gasteiger partial charge on any atom is 0.338 e. The first-order valence-electron chi connectivity index (χ1n) is 11.0. The van der Waals surface area contributed by atoms with E-state index in [1.165, 1.54) is 21.9 Å². The third-order valence-corrected chi connectivity index (χ3v) is 5.98. The fraction of sp³-hybridized carbons (Fsp3) is 0.240. The molecule has 0 unspecified atom stereocenters. The van der Waals surface area contributed by atoms with Gasteiger partial charge in [-0.3, -0.25) is 9.59 Å². The van der Waals surface area contributed by atoms with Gasteiger partial charge in [0.25, 0.3) is 11.5 Å². The molecule has 0 spiro atoms. The minimum absolute atomic E-state index is 0.150. The van der Waals surface area contributed by atoms with Crippen LogP contribution in [0.5, 0.6) is 0 Å². The number of amides is 1. The minimum atomic E-state index is -0.565. The summed E-state index contributed by atoms with van der Waals surface area (Å²) in [5, 5.41) is 7.80. The van der Waals surface area contributed by atoms with Gasteiger partial charge in [-0.1, -0.05) is 29.0 Å². The molecule has 0 aliphatic carbocycles. The summed E-state index contributed by atoms with van der Waals surface area (Å²) >= 11 is 1.30. The first-order chi connectivity index (χ1) is 16.9. The molecule has 0 aliphatic rings. The molecule has 0 fully saturated rings. The average molecular weight is 493 g/mol. The molecular formula is C25H24N4O5S. The Hall–Kier alpha value is -3.89. The van der Waals surface area contributed by atoms with E-state index in [1.54, 1.807) is 36.4 Å². The van der Waals surface area contributed by atoms with Crippen LogP contribution in [0.25, 0.3) is 4.96 Å². The molecule has 0 saturated carbocycles. The number of nitrogens with one attached hydrogen (secondary N) is 1. The molecule has 1 amide bonds. The number of nitrogens with zero attached hydrogens (tertiary/aromatic N) is 3. The smallest absolute Gasteiger partial charge is 0.338 e. The van der Waals surface area contributed by atoms with E-state index in [4.69, 9.17) is 9.47 Å². The SMILES string of the molecule is CCOCCc1nn2c(=O)cc(COC(=O)c3ccc(NC(=O)c4cccc(C)c4)cc3)nc2s1. The van der Waals surface area contributed by atoms with Crippen LogP contribution < -0.4 is 10.9 Å². The van der Waals surface area contributed by atoms with Crippen LogP contribution >= 0.6 is 11.3 Å². The van der Waals surface area contributed by atoms with Crippen LogP contribution in [-0.2, 0) is 22.5 Å². The second-order valence-electron chi connectivity index (χ2n) is 7.70. The summed E-state index contributed by atoms with van der Waals surface area (Å²) < 4.78 is 11.9. The van der Waals surface area contributed by atoms with Gasteiger partial charge in [-0.2, -0.15) is 9.61 Å². The molecule has 0 saturated heterocycles. The van der Waals surface area contributed by atoms with Gasteiger partial charge in [0, 0.05) is 30.3 Å². The van der Waals surface area contributed by atoms with Crippen LogP contribution in [0.2, 0.25) is 0 Å². The highest BCUT2D eigenvalue weighted by atomic mass is 32.1. The molecule has 2 heterocycles. The quantitative estimate of drug-likeness (QED) is 0.280. The third-order valence-electron chi connectivity index (χ3n) is 5.01. The third kappa shape index (κ3) is 6.17. The molecule has 4 aromatic rings. The second-order valence-corrected chi connectivity index (χ2v) is 8.74. The first-order valence-corrected chi connectivity index (χ1v) is 11.9. The van der Waals surface area contributed by atoms with E-state index in [-0.39, 0.29) is 18.1 Å². The molecule has 180 valence electrons. The van der Waals surface area contributed by atoms with Gasteiger partial charge in [0.15, 0.2) is 0 Å². The molecule has 0 atom stereocenters. The Morgan fingerprint density at radius 2 is 1.89 bits per heavy atom. The van der Waals surface area contributed by atoms with Crippen molar-refractivity contribution in [3.63, 3.8) is 0 Å². The molecule has 0 bridgehead atoms. The van der Waals surface area contributed by atoms with Gasteiger partial charge in [-0.25, -0.2) is 9.78 Å². The highest BCUT2D eigenvalue weighted by Gasteiger charge is 2.13. The highest BCUT2D eigenvalue weighted by Crippen LogP contribution is 2.15. The Bertz CT molecular complexity index is 1410. The minimum Gasteiger partial charge on any atom is -0.456 e. The van der Waals surface area contributed by atoms with Crippen molar-refractivity contribution in [1.29, 1.82) is 0 Å². The zero-order valence-corrected chi connectivity index (χ0v) is 20.1. The number of aryl methyl sites for hydroxylation is 1. The van der Waals surface area contributed by atoms with E-state index in [1.807, 2.05) is 26.0 Å². The monoisotopic (exact) mass is 492 g/mol. The number of fused-ring (bicyclic) bond motifs is 1. The highest BCUT2D eigenvalue weighted by molar-refractivity contribution is 7.16. The summed E-state index contributed by atoms with van der Waals surface area (Å²) in [4.78, 5) is 42.0. The summed E-state index contributed by atoms with van der Waals surface area (Å²) in [5.74, 6) is -0.800. The predicted octanol–water partition coefficient (Wildman–Crippen LogP) is 3.65. The van der Waals surface area contributed by atoms with E-state index in [0.717, 1.165) is 10.6 Å². The van der Waals surface area contributed by atoms with Gasteiger partial charge in [0.2, 0.25) is 4.96 Å². The lowest BCUT2D eigenvalue weighted by Gasteiger charge is -2.08. The topological polar surface area (TPSA) is 112 Å². The number of anilines is 1. The summed E-state index contributed by atoms with van der Waals surface area (Å²) in [6.07, 6.45) is 0.590. The average Bonchev–Trinajstić information content (AvgIpc) is 3.26. The van der Waals surface area contributed by atoms with Crippen molar-refractivity contribution < 1.29 is 19.1 Å². The maximum atomic E-state index is 12.5. The number of benzene rings is 2. The number of rotatable bonds is 9. The summed E-state index contributed by atoms with van der Waals surface area (Å²) in [5.41, 5.74) is 2.41. The molecule has 0 radical (unpaired) electrons. The Morgan fingerprint density at radius 3 is 2.63 bits per heavy atom. The molecule has 2 aromatic heterocycles.